The molecule has 0 aliphatic heterocycles. The summed E-state index contributed by atoms with van der Waals surface area (Å²) in [5.74, 6) is 0. The Kier molecular flexibility index (Phi) is 2.74. The van der Waals surface area contributed by atoms with E-state index in [4.69, 9.17) is 4.74 Å². The summed E-state index contributed by atoms with van der Waals surface area (Å²) in [7, 11) is 1.74. The van der Waals surface area contributed by atoms with Crippen molar-refractivity contribution in [3.8, 4) is 0 Å². The van der Waals surface area contributed by atoms with Gasteiger partial charge in [-0.1, -0.05) is 42.5 Å². The minimum absolute atomic E-state index is 0.0416. The van der Waals surface area contributed by atoms with Crippen molar-refractivity contribution in [2.75, 3.05) is 13.7 Å². The number of hydrogen-bond acceptors (Lipinski definition) is 1. The Balaban J connectivity index is 2.51. The highest BCUT2D eigenvalue weighted by atomic mass is 16.5. The van der Waals surface area contributed by atoms with Crippen LogP contribution in [-0.2, 0) is 10.2 Å². The van der Waals surface area contributed by atoms with Gasteiger partial charge in [0.25, 0.3) is 0 Å². The molecule has 0 heterocycles. The highest BCUT2D eigenvalue weighted by Gasteiger charge is 2.31. The lowest BCUT2D eigenvalue weighted by molar-refractivity contribution is 0.151. The maximum Gasteiger partial charge on any atom is 0.0597 e. The van der Waals surface area contributed by atoms with Gasteiger partial charge in [-0.25, -0.2) is 0 Å². The Morgan fingerprint density at radius 2 is 2.27 bits per heavy atom. The molecule has 1 aromatic rings. The van der Waals surface area contributed by atoms with E-state index < -0.39 is 0 Å². The summed E-state index contributed by atoms with van der Waals surface area (Å²) < 4.78 is 5.33. The van der Waals surface area contributed by atoms with Gasteiger partial charge >= 0.3 is 0 Å². The molecule has 0 bridgehead atoms. The van der Waals surface area contributed by atoms with Crippen molar-refractivity contribution in [3.63, 3.8) is 0 Å². The predicted molar refractivity (Wildman–Crippen MR) is 63.8 cm³/mol. The number of hydrogen-bond donors (Lipinski definition) is 0. The highest BCUT2D eigenvalue weighted by Crippen LogP contribution is 2.36. The van der Waals surface area contributed by atoms with Crippen molar-refractivity contribution in [1.29, 1.82) is 0 Å². The summed E-state index contributed by atoms with van der Waals surface area (Å²) in [5.41, 5.74) is 2.56. The molecule has 15 heavy (non-hydrogen) atoms. The first kappa shape index (κ1) is 10.2. The van der Waals surface area contributed by atoms with Crippen LogP contribution < -0.4 is 0 Å². The normalized spacial score (nSPS) is 23.5. The van der Waals surface area contributed by atoms with Crippen molar-refractivity contribution in [3.05, 3.63) is 54.1 Å². The van der Waals surface area contributed by atoms with E-state index in [9.17, 15) is 0 Å². The summed E-state index contributed by atoms with van der Waals surface area (Å²) >= 11 is 0. The lowest BCUT2D eigenvalue weighted by Crippen LogP contribution is -2.30. The Labute approximate surface area is 91.1 Å². The van der Waals surface area contributed by atoms with Crippen LogP contribution in [0.2, 0.25) is 0 Å². The van der Waals surface area contributed by atoms with Gasteiger partial charge < -0.3 is 4.74 Å². The third-order valence-electron chi connectivity index (χ3n) is 3.07. The third kappa shape index (κ3) is 1.64. The van der Waals surface area contributed by atoms with Crippen molar-refractivity contribution in [2.45, 2.75) is 11.8 Å². The van der Waals surface area contributed by atoms with Gasteiger partial charge in [-0.05, 0) is 17.5 Å². The number of benzene rings is 1. The monoisotopic (exact) mass is 200 g/mol. The van der Waals surface area contributed by atoms with Crippen LogP contribution in [0.1, 0.15) is 17.5 Å². The van der Waals surface area contributed by atoms with Crippen LogP contribution in [-0.4, -0.2) is 13.7 Å². The fraction of sp³-hybridized carbons (Fsp3) is 0.286. The number of ether oxygens (including phenoxy) is 1. The van der Waals surface area contributed by atoms with Gasteiger partial charge in [-0.3, -0.25) is 0 Å². The number of fused-ring (bicyclic) bond motifs is 1. The van der Waals surface area contributed by atoms with E-state index in [1.807, 2.05) is 6.08 Å². The molecule has 0 spiro atoms. The van der Waals surface area contributed by atoms with E-state index >= 15 is 0 Å². The predicted octanol–water partition coefficient (Wildman–Crippen LogP) is 3.17. The first-order valence-electron chi connectivity index (χ1n) is 5.21. The molecule has 0 saturated heterocycles. The van der Waals surface area contributed by atoms with Gasteiger partial charge in [0, 0.05) is 12.5 Å². The largest absolute Gasteiger partial charge is 0.383 e. The third-order valence-corrected chi connectivity index (χ3v) is 3.07. The molecular weight excluding hydrogens is 184 g/mol. The van der Waals surface area contributed by atoms with Crippen LogP contribution in [0.3, 0.4) is 0 Å². The molecule has 1 nitrogen and oxygen atoms in total. The second kappa shape index (κ2) is 4.03. The zero-order valence-corrected chi connectivity index (χ0v) is 9.07. The zero-order valence-electron chi connectivity index (χ0n) is 9.07. The lowest BCUT2D eigenvalue weighted by atomic mass is 9.73. The van der Waals surface area contributed by atoms with Gasteiger partial charge in [0.2, 0.25) is 0 Å². The topological polar surface area (TPSA) is 9.23 Å². The Bertz CT molecular complexity index is 392. The first-order valence-corrected chi connectivity index (χ1v) is 5.21. The molecule has 1 unspecified atom stereocenters. The quantitative estimate of drug-likeness (QED) is 0.681. The van der Waals surface area contributed by atoms with Gasteiger partial charge in [0.05, 0.1) is 6.61 Å². The molecule has 78 valence electrons. The molecule has 0 saturated carbocycles. The lowest BCUT2D eigenvalue weighted by Gasteiger charge is -2.33. The minimum Gasteiger partial charge on any atom is -0.383 e. The van der Waals surface area contributed by atoms with Crippen LogP contribution >= 0.6 is 0 Å². The highest BCUT2D eigenvalue weighted by molar-refractivity contribution is 5.60. The summed E-state index contributed by atoms with van der Waals surface area (Å²) in [5, 5.41) is 0. The first-order chi connectivity index (χ1) is 7.32. The van der Waals surface area contributed by atoms with E-state index in [1.165, 1.54) is 11.1 Å². The average molecular weight is 200 g/mol. The molecule has 0 fully saturated rings. The van der Waals surface area contributed by atoms with Gasteiger partial charge in [0.1, 0.15) is 0 Å². The Morgan fingerprint density at radius 1 is 1.47 bits per heavy atom. The molecule has 1 aliphatic rings. The minimum atomic E-state index is -0.0416. The number of rotatable bonds is 3. The molecule has 1 aromatic carbocycles. The fourth-order valence-electron chi connectivity index (χ4n) is 2.25. The maximum absolute atomic E-state index is 5.33. The molecular formula is C14H16O. The molecule has 0 N–H and O–H groups in total. The molecule has 0 amide bonds. The Morgan fingerprint density at radius 3 is 3.00 bits per heavy atom. The van der Waals surface area contributed by atoms with Crippen LogP contribution in [0.25, 0.3) is 6.08 Å². The van der Waals surface area contributed by atoms with Crippen molar-refractivity contribution < 1.29 is 4.74 Å². The molecule has 0 aromatic heterocycles. The van der Waals surface area contributed by atoms with Gasteiger partial charge in [-0.15, -0.1) is 6.58 Å². The van der Waals surface area contributed by atoms with E-state index in [0.29, 0.717) is 6.61 Å². The van der Waals surface area contributed by atoms with Gasteiger partial charge in [0.15, 0.2) is 0 Å². The fourth-order valence-corrected chi connectivity index (χ4v) is 2.25. The summed E-state index contributed by atoms with van der Waals surface area (Å²) in [6.45, 7) is 4.65. The number of methoxy groups -OCH3 is 1. The zero-order chi connectivity index (χ0) is 10.7. The maximum atomic E-state index is 5.33. The molecule has 1 heteroatoms. The van der Waals surface area contributed by atoms with E-state index in [-0.39, 0.29) is 5.41 Å². The SMILES string of the molecule is C=CC1(COC)CC=Cc2ccccc21. The van der Waals surface area contributed by atoms with Crippen molar-refractivity contribution >= 4 is 6.08 Å². The molecule has 1 atom stereocenters. The Hall–Kier alpha value is -1.34. The van der Waals surface area contributed by atoms with Crippen molar-refractivity contribution in [1.82, 2.24) is 0 Å². The van der Waals surface area contributed by atoms with E-state index in [2.05, 4.69) is 43.0 Å². The summed E-state index contributed by atoms with van der Waals surface area (Å²) in [4.78, 5) is 0. The second-order valence-electron chi connectivity index (χ2n) is 3.99. The van der Waals surface area contributed by atoms with Crippen LogP contribution in [0.4, 0.5) is 0 Å². The van der Waals surface area contributed by atoms with E-state index in [0.717, 1.165) is 6.42 Å². The standard InChI is InChI=1S/C14H16O/c1-3-14(11-15-2)10-6-8-12-7-4-5-9-13(12)14/h3-9H,1,10-11H2,2H3. The molecule has 1 aliphatic carbocycles. The smallest absolute Gasteiger partial charge is 0.0597 e. The van der Waals surface area contributed by atoms with Crippen LogP contribution in [0, 0.1) is 0 Å². The average Bonchev–Trinajstić information content (AvgIpc) is 2.30. The summed E-state index contributed by atoms with van der Waals surface area (Å²) in [6, 6.07) is 8.44. The van der Waals surface area contributed by atoms with Crippen molar-refractivity contribution in [2.24, 2.45) is 0 Å². The number of allylic oxidation sites excluding steroid dienone is 1. The van der Waals surface area contributed by atoms with Crippen LogP contribution in [0.15, 0.2) is 43.0 Å². The second-order valence-corrected chi connectivity index (χ2v) is 3.99. The van der Waals surface area contributed by atoms with Gasteiger partial charge in [-0.2, -0.15) is 0 Å². The van der Waals surface area contributed by atoms with E-state index in [1.54, 1.807) is 7.11 Å². The van der Waals surface area contributed by atoms with Crippen LogP contribution in [0.5, 0.6) is 0 Å². The summed E-state index contributed by atoms with van der Waals surface area (Å²) in [6.07, 6.45) is 7.36. The molecule has 2 rings (SSSR count). The molecule has 0 radical (unpaired) electrons.